The van der Waals surface area contributed by atoms with E-state index >= 15 is 0 Å². The van der Waals surface area contributed by atoms with Gasteiger partial charge in [0.15, 0.2) is 0 Å². The average Bonchev–Trinajstić information content (AvgIpc) is 3.54. The van der Waals surface area contributed by atoms with Crippen molar-refractivity contribution in [3.05, 3.63) is 223 Å². The van der Waals surface area contributed by atoms with E-state index in [1.54, 1.807) is 12.2 Å². The Labute approximate surface area is 305 Å². The Hall–Kier alpha value is -6.58. The molecule has 2 aliphatic rings. The number of aromatic nitrogens is 1. The van der Waals surface area contributed by atoms with Crippen LogP contribution < -0.4 is 4.74 Å². The van der Waals surface area contributed by atoms with Gasteiger partial charge >= 0.3 is 0 Å². The highest BCUT2D eigenvalue weighted by molar-refractivity contribution is 6.12. The molecular weight excluding hydrogens is 635 g/mol. The van der Waals surface area contributed by atoms with Crippen molar-refractivity contribution in [3.63, 3.8) is 0 Å². The van der Waals surface area contributed by atoms with Crippen LogP contribution in [0.2, 0.25) is 0 Å². The zero-order valence-electron chi connectivity index (χ0n) is 29.0. The second-order valence-electron chi connectivity index (χ2n) is 13.0. The van der Waals surface area contributed by atoms with Crippen LogP contribution in [0.4, 0.5) is 0 Å². The molecule has 1 N–H and O–H groups in total. The molecule has 1 aliphatic carbocycles. The summed E-state index contributed by atoms with van der Waals surface area (Å²) in [6.45, 7) is 8.63. The van der Waals surface area contributed by atoms with Gasteiger partial charge in [0, 0.05) is 27.6 Å². The number of fused-ring (bicyclic) bond motifs is 4. The van der Waals surface area contributed by atoms with E-state index in [2.05, 4.69) is 114 Å². The van der Waals surface area contributed by atoms with Crippen molar-refractivity contribution < 1.29 is 9.84 Å². The van der Waals surface area contributed by atoms with E-state index in [1.807, 2.05) is 66.8 Å². The average molecular weight is 674 g/mol. The number of ether oxygens (including phenoxy) is 1. The van der Waals surface area contributed by atoms with E-state index in [1.165, 1.54) is 0 Å². The first-order valence-corrected chi connectivity index (χ1v) is 17.7. The van der Waals surface area contributed by atoms with Crippen LogP contribution in [0.15, 0.2) is 212 Å². The minimum atomic E-state index is -0.717. The number of hydrogen-bond acceptors (Lipinski definition) is 2. The van der Waals surface area contributed by atoms with E-state index in [0.29, 0.717) is 0 Å². The van der Waals surface area contributed by atoms with E-state index in [4.69, 9.17) is 11.3 Å². The number of para-hydroxylation sites is 3. The number of aliphatic hydroxyl groups excluding tert-OH is 1. The fraction of sp³-hybridized carbons (Fsp3) is 0.0612. The summed E-state index contributed by atoms with van der Waals surface area (Å²) in [6.07, 6.45) is 21.7. The second kappa shape index (κ2) is 14.0. The number of allylic oxidation sites excluding steroid dienone is 12. The SMILES string of the molecule is C=C/C=C\C=C/C1(C(=C)/C=C\C=C(/O)c2cccc3c4ccccc4n(-c4ccccc4)c23)C2=C(C=CCC2)Oc2cccc(-c3ccccc3)c21. The Morgan fingerprint density at radius 1 is 0.769 bits per heavy atom. The molecule has 5 aromatic carbocycles. The molecule has 1 atom stereocenters. The fourth-order valence-electron chi connectivity index (χ4n) is 7.81. The summed E-state index contributed by atoms with van der Waals surface area (Å²) in [5, 5.41) is 14.1. The fourth-order valence-corrected chi connectivity index (χ4v) is 7.81. The van der Waals surface area contributed by atoms with E-state index in [9.17, 15) is 5.11 Å². The monoisotopic (exact) mass is 673 g/mol. The molecule has 2 heterocycles. The molecule has 52 heavy (non-hydrogen) atoms. The van der Waals surface area contributed by atoms with Crippen LogP contribution >= 0.6 is 0 Å². The van der Waals surface area contributed by atoms with Gasteiger partial charge in [-0.3, -0.25) is 0 Å². The molecule has 6 aromatic rings. The van der Waals surface area contributed by atoms with Crippen LogP contribution in [0.25, 0.3) is 44.4 Å². The number of nitrogens with zero attached hydrogens (tertiary/aromatic N) is 1. The predicted octanol–water partition coefficient (Wildman–Crippen LogP) is 12.7. The van der Waals surface area contributed by atoms with Crippen molar-refractivity contribution in [2.45, 2.75) is 18.3 Å². The number of aliphatic hydroxyl groups is 1. The van der Waals surface area contributed by atoms with Crippen LogP contribution in [0.1, 0.15) is 24.0 Å². The lowest BCUT2D eigenvalue weighted by molar-refractivity contribution is 0.390. The lowest BCUT2D eigenvalue weighted by Gasteiger charge is -2.42. The third-order valence-corrected chi connectivity index (χ3v) is 10.1. The van der Waals surface area contributed by atoms with E-state index < -0.39 is 5.41 Å². The molecule has 1 unspecified atom stereocenters. The zero-order chi connectivity index (χ0) is 35.5. The maximum atomic E-state index is 11.8. The van der Waals surface area contributed by atoms with Gasteiger partial charge in [0.2, 0.25) is 0 Å². The van der Waals surface area contributed by atoms with Gasteiger partial charge in [0.1, 0.15) is 17.3 Å². The first-order chi connectivity index (χ1) is 25.6. The molecule has 252 valence electrons. The molecule has 0 saturated heterocycles. The molecule has 0 saturated carbocycles. The van der Waals surface area contributed by atoms with Gasteiger partial charge in [-0.25, -0.2) is 0 Å². The Kier molecular flexibility index (Phi) is 8.76. The molecule has 0 spiro atoms. The summed E-state index contributed by atoms with van der Waals surface area (Å²) in [5.41, 5.74) is 8.39. The maximum absolute atomic E-state index is 11.8. The van der Waals surface area contributed by atoms with Crippen molar-refractivity contribution in [1.82, 2.24) is 4.57 Å². The lowest BCUT2D eigenvalue weighted by atomic mass is 9.63. The lowest BCUT2D eigenvalue weighted by Crippen LogP contribution is -2.35. The molecular formula is C49H39NO2. The normalized spacial score (nSPS) is 17.3. The smallest absolute Gasteiger partial charge is 0.132 e. The molecule has 0 amide bonds. The molecule has 3 heteroatoms. The Balaban J connectivity index is 1.28. The molecule has 0 fully saturated rings. The standard InChI is InChI=1S/C49H39NO2/c1-3-4-5-16-34-49(42-29-13-15-32-45(42)52-46-33-19-26-38(47(46)49)36-21-8-6-9-22-36)35(2)20-17-31-44(51)41-28-18-27-40-39-25-12-14-30-43(39)50(48(40)41)37-23-10-7-11-24-37/h3-12,14-28,30-34,51H,1-2,13,29H2/b5-4-,20-17-,34-16-,44-31-. The highest BCUT2D eigenvalue weighted by atomic mass is 16.5. The van der Waals surface area contributed by atoms with Crippen molar-refractivity contribution in [2.24, 2.45) is 0 Å². The third-order valence-electron chi connectivity index (χ3n) is 10.1. The minimum Gasteiger partial charge on any atom is -0.507 e. The highest BCUT2D eigenvalue weighted by Crippen LogP contribution is 2.55. The van der Waals surface area contributed by atoms with Crippen LogP contribution in [0.5, 0.6) is 5.75 Å². The second-order valence-corrected chi connectivity index (χ2v) is 13.0. The van der Waals surface area contributed by atoms with Crippen LogP contribution in [-0.4, -0.2) is 9.67 Å². The number of benzene rings is 5. The number of hydrogen-bond donors (Lipinski definition) is 1. The summed E-state index contributed by atoms with van der Waals surface area (Å²) in [6, 6.07) is 41.5. The van der Waals surface area contributed by atoms with Crippen LogP contribution in [-0.2, 0) is 5.41 Å². The van der Waals surface area contributed by atoms with E-state index in [0.717, 1.165) is 85.2 Å². The summed E-state index contributed by atoms with van der Waals surface area (Å²) in [7, 11) is 0. The largest absolute Gasteiger partial charge is 0.507 e. The first-order valence-electron chi connectivity index (χ1n) is 17.7. The topological polar surface area (TPSA) is 34.4 Å². The first kappa shape index (κ1) is 32.6. The van der Waals surface area contributed by atoms with E-state index in [-0.39, 0.29) is 5.76 Å². The van der Waals surface area contributed by atoms with Crippen LogP contribution in [0.3, 0.4) is 0 Å². The molecule has 3 nitrogen and oxygen atoms in total. The van der Waals surface area contributed by atoms with Gasteiger partial charge in [-0.2, -0.15) is 0 Å². The predicted molar refractivity (Wildman–Crippen MR) is 218 cm³/mol. The van der Waals surface area contributed by atoms with Gasteiger partial charge in [0.05, 0.1) is 16.4 Å². The van der Waals surface area contributed by atoms with Crippen molar-refractivity contribution in [3.8, 4) is 22.6 Å². The van der Waals surface area contributed by atoms with Crippen molar-refractivity contribution in [2.75, 3.05) is 0 Å². The Morgan fingerprint density at radius 2 is 1.52 bits per heavy atom. The van der Waals surface area contributed by atoms with Gasteiger partial charge < -0.3 is 14.4 Å². The molecule has 8 rings (SSSR count). The van der Waals surface area contributed by atoms with Gasteiger partial charge in [-0.05, 0) is 77.6 Å². The number of rotatable bonds is 9. The quantitative estimate of drug-likeness (QED) is 0.122. The van der Waals surface area contributed by atoms with Gasteiger partial charge in [-0.15, -0.1) is 0 Å². The van der Waals surface area contributed by atoms with Gasteiger partial charge in [-0.1, -0.05) is 153 Å². The molecule has 1 aromatic heterocycles. The van der Waals surface area contributed by atoms with Crippen LogP contribution in [0, 0.1) is 0 Å². The maximum Gasteiger partial charge on any atom is 0.132 e. The highest BCUT2D eigenvalue weighted by Gasteiger charge is 2.45. The van der Waals surface area contributed by atoms with Crippen molar-refractivity contribution >= 4 is 27.6 Å². The third kappa shape index (κ3) is 5.57. The minimum absolute atomic E-state index is 0.172. The Bertz CT molecular complexity index is 2520. The summed E-state index contributed by atoms with van der Waals surface area (Å²) in [5.74, 6) is 1.83. The molecule has 0 bridgehead atoms. The molecule has 0 radical (unpaired) electrons. The summed E-state index contributed by atoms with van der Waals surface area (Å²) in [4.78, 5) is 0. The Morgan fingerprint density at radius 3 is 2.35 bits per heavy atom. The summed E-state index contributed by atoms with van der Waals surface area (Å²) >= 11 is 0. The van der Waals surface area contributed by atoms with Gasteiger partial charge in [0.25, 0.3) is 0 Å². The zero-order valence-corrected chi connectivity index (χ0v) is 29.0. The van der Waals surface area contributed by atoms with Crippen molar-refractivity contribution in [1.29, 1.82) is 0 Å². The molecule has 1 aliphatic heterocycles. The summed E-state index contributed by atoms with van der Waals surface area (Å²) < 4.78 is 8.88.